The van der Waals surface area contributed by atoms with Crippen molar-refractivity contribution >= 4 is 44.9 Å². The minimum absolute atomic E-state index is 0.0416. The first-order chi connectivity index (χ1) is 13.3. The van der Waals surface area contributed by atoms with Gasteiger partial charge in [0.25, 0.3) is 5.91 Å². The van der Waals surface area contributed by atoms with E-state index in [4.69, 9.17) is 21.7 Å². The molecule has 148 valence electrons. The van der Waals surface area contributed by atoms with E-state index in [1.54, 1.807) is 18.2 Å². The van der Waals surface area contributed by atoms with E-state index in [-0.39, 0.29) is 17.1 Å². The van der Waals surface area contributed by atoms with Crippen LogP contribution in [0.25, 0.3) is 0 Å². The molecule has 0 spiro atoms. The summed E-state index contributed by atoms with van der Waals surface area (Å²) in [4.78, 5) is 12.5. The lowest BCUT2D eigenvalue weighted by atomic mass is 10.2. The fourth-order valence-electron chi connectivity index (χ4n) is 2.22. The van der Waals surface area contributed by atoms with E-state index in [9.17, 15) is 4.79 Å². The zero-order valence-electron chi connectivity index (χ0n) is 16.0. The number of amides is 1. The number of ether oxygens (including phenoxy) is 2. The second kappa shape index (κ2) is 10.2. The molecule has 0 fully saturated rings. The Morgan fingerprint density at radius 2 is 1.93 bits per heavy atom. The number of nitrogens with one attached hydrogen (secondary N) is 2. The number of rotatable bonds is 7. The molecule has 2 rings (SSSR count). The summed E-state index contributed by atoms with van der Waals surface area (Å²) < 4.78 is 12.1. The number of hydrogen-bond acceptors (Lipinski definition) is 4. The van der Waals surface area contributed by atoms with E-state index in [2.05, 4.69) is 33.1 Å². The van der Waals surface area contributed by atoms with Gasteiger partial charge in [0.2, 0.25) is 0 Å². The molecule has 0 aliphatic carbocycles. The highest BCUT2D eigenvalue weighted by Crippen LogP contribution is 2.27. The summed E-state index contributed by atoms with van der Waals surface area (Å²) in [5.74, 6) is 0.977. The maximum Gasteiger partial charge on any atom is 0.257 e. The van der Waals surface area contributed by atoms with E-state index in [0.29, 0.717) is 33.8 Å². The van der Waals surface area contributed by atoms with Crippen molar-refractivity contribution < 1.29 is 14.3 Å². The standard InChI is InChI=1S/C21H23BrN2O3S/c1-13(2)12-26-19-8-6-5-7-17(19)23-21(28)24-20(25)15-9-10-18(16(22)11-15)27-14(3)4/h5-11,14H,1,12H2,2-4H3,(H2,23,24,25,28). The molecule has 1 amide bonds. The number of para-hydroxylation sites is 2. The zero-order chi connectivity index (χ0) is 20.7. The highest BCUT2D eigenvalue weighted by molar-refractivity contribution is 9.10. The van der Waals surface area contributed by atoms with Crippen LogP contribution in [0.2, 0.25) is 0 Å². The van der Waals surface area contributed by atoms with E-state index >= 15 is 0 Å². The molecule has 0 heterocycles. The summed E-state index contributed by atoms with van der Waals surface area (Å²) >= 11 is 8.70. The number of carbonyl (C=O) groups is 1. The molecule has 5 nitrogen and oxygen atoms in total. The Balaban J connectivity index is 2.02. The largest absolute Gasteiger partial charge is 0.490 e. The van der Waals surface area contributed by atoms with Gasteiger partial charge in [0.1, 0.15) is 18.1 Å². The van der Waals surface area contributed by atoms with E-state index in [0.717, 1.165) is 5.57 Å². The van der Waals surface area contributed by atoms with Gasteiger partial charge in [0, 0.05) is 5.56 Å². The average molecular weight is 463 g/mol. The highest BCUT2D eigenvalue weighted by Gasteiger charge is 2.13. The third-order valence-corrected chi connectivity index (χ3v) is 4.22. The second-order valence-electron chi connectivity index (χ2n) is 6.46. The van der Waals surface area contributed by atoms with Gasteiger partial charge in [-0.1, -0.05) is 18.7 Å². The van der Waals surface area contributed by atoms with Crippen molar-refractivity contribution in [3.05, 3.63) is 64.7 Å². The van der Waals surface area contributed by atoms with Gasteiger partial charge in [-0.25, -0.2) is 0 Å². The van der Waals surface area contributed by atoms with Crippen LogP contribution >= 0.6 is 28.1 Å². The summed E-state index contributed by atoms with van der Waals surface area (Å²) in [6, 6.07) is 12.5. The molecule has 0 saturated heterocycles. The van der Waals surface area contributed by atoms with E-state index in [1.807, 2.05) is 45.0 Å². The van der Waals surface area contributed by atoms with Crippen LogP contribution in [0.3, 0.4) is 0 Å². The topological polar surface area (TPSA) is 59.6 Å². The van der Waals surface area contributed by atoms with E-state index in [1.165, 1.54) is 0 Å². The average Bonchev–Trinajstić information content (AvgIpc) is 2.62. The number of halogens is 1. The lowest BCUT2D eigenvalue weighted by Crippen LogP contribution is -2.34. The molecule has 7 heteroatoms. The van der Waals surface area contributed by atoms with Crippen molar-refractivity contribution in [2.24, 2.45) is 0 Å². The maximum atomic E-state index is 12.5. The predicted octanol–water partition coefficient (Wildman–Crippen LogP) is 5.32. The van der Waals surface area contributed by atoms with E-state index < -0.39 is 0 Å². The number of anilines is 1. The first-order valence-electron chi connectivity index (χ1n) is 8.71. The van der Waals surface area contributed by atoms with Crippen LogP contribution in [-0.4, -0.2) is 23.7 Å². The van der Waals surface area contributed by atoms with Crippen LogP contribution in [0.5, 0.6) is 11.5 Å². The molecule has 0 aliphatic heterocycles. The van der Waals surface area contributed by atoms with Crippen molar-refractivity contribution in [1.29, 1.82) is 0 Å². The van der Waals surface area contributed by atoms with Crippen LogP contribution in [0, 0.1) is 0 Å². The molecular weight excluding hydrogens is 440 g/mol. The molecule has 0 aromatic heterocycles. The minimum atomic E-state index is -0.324. The quantitative estimate of drug-likeness (QED) is 0.430. The Hall–Kier alpha value is -2.38. The van der Waals surface area contributed by atoms with Gasteiger partial charge in [-0.3, -0.25) is 10.1 Å². The van der Waals surface area contributed by atoms with Gasteiger partial charge >= 0.3 is 0 Å². The Bertz CT molecular complexity index is 884. The molecule has 0 bridgehead atoms. The minimum Gasteiger partial charge on any atom is -0.490 e. The predicted molar refractivity (Wildman–Crippen MR) is 120 cm³/mol. The Morgan fingerprint density at radius 3 is 2.57 bits per heavy atom. The van der Waals surface area contributed by atoms with Crippen LogP contribution in [0.4, 0.5) is 5.69 Å². The number of hydrogen-bond donors (Lipinski definition) is 2. The first-order valence-corrected chi connectivity index (χ1v) is 9.91. The second-order valence-corrected chi connectivity index (χ2v) is 7.72. The summed E-state index contributed by atoms with van der Waals surface area (Å²) in [6.07, 6.45) is 0.0416. The van der Waals surface area contributed by atoms with Crippen molar-refractivity contribution in [2.75, 3.05) is 11.9 Å². The molecule has 28 heavy (non-hydrogen) atoms. The van der Waals surface area contributed by atoms with Gasteiger partial charge in [-0.2, -0.15) is 0 Å². The van der Waals surface area contributed by atoms with Crippen LogP contribution in [0.15, 0.2) is 59.1 Å². The molecule has 0 saturated carbocycles. The fraction of sp³-hybridized carbons (Fsp3) is 0.238. The number of thiocarbonyl (C=S) groups is 1. The molecule has 2 aromatic rings. The van der Waals surface area contributed by atoms with Gasteiger partial charge in [-0.15, -0.1) is 0 Å². The van der Waals surface area contributed by atoms with Crippen molar-refractivity contribution in [3.8, 4) is 11.5 Å². The fourth-order valence-corrected chi connectivity index (χ4v) is 2.89. The Labute approximate surface area is 179 Å². The smallest absolute Gasteiger partial charge is 0.257 e. The SMILES string of the molecule is C=C(C)COc1ccccc1NC(=S)NC(=O)c1ccc(OC(C)C)c(Br)c1. The molecule has 0 unspecified atom stereocenters. The Kier molecular flexibility index (Phi) is 8.02. The van der Waals surface area contributed by atoms with Gasteiger partial charge < -0.3 is 14.8 Å². The molecule has 0 radical (unpaired) electrons. The molecule has 2 N–H and O–H groups in total. The summed E-state index contributed by atoms with van der Waals surface area (Å²) in [7, 11) is 0. The van der Waals surface area contributed by atoms with Gasteiger partial charge in [-0.05, 0) is 84.8 Å². The number of benzene rings is 2. The molecular formula is C21H23BrN2O3S. The van der Waals surface area contributed by atoms with Gasteiger partial charge in [0.05, 0.1) is 16.3 Å². The van der Waals surface area contributed by atoms with Gasteiger partial charge in [0.15, 0.2) is 5.11 Å². The third kappa shape index (κ3) is 6.65. The van der Waals surface area contributed by atoms with Crippen molar-refractivity contribution in [1.82, 2.24) is 5.32 Å². The van der Waals surface area contributed by atoms with Crippen LogP contribution in [-0.2, 0) is 0 Å². The molecule has 0 aliphatic rings. The Morgan fingerprint density at radius 1 is 1.21 bits per heavy atom. The lowest BCUT2D eigenvalue weighted by Gasteiger charge is -2.15. The van der Waals surface area contributed by atoms with Crippen molar-refractivity contribution in [2.45, 2.75) is 26.9 Å². The highest BCUT2D eigenvalue weighted by atomic mass is 79.9. The van der Waals surface area contributed by atoms with Crippen molar-refractivity contribution in [3.63, 3.8) is 0 Å². The van der Waals surface area contributed by atoms with Crippen LogP contribution < -0.4 is 20.1 Å². The lowest BCUT2D eigenvalue weighted by molar-refractivity contribution is 0.0977. The molecule has 2 aromatic carbocycles. The molecule has 0 atom stereocenters. The summed E-state index contributed by atoms with van der Waals surface area (Å²) in [5, 5.41) is 5.84. The summed E-state index contributed by atoms with van der Waals surface area (Å²) in [6.45, 7) is 9.99. The maximum absolute atomic E-state index is 12.5. The summed E-state index contributed by atoms with van der Waals surface area (Å²) in [5.41, 5.74) is 2.02. The first kappa shape index (κ1) is 21.9. The third-order valence-electron chi connectivity index (χ3n) is 3.39. The zero-order valence-corrected chi connectivity index (χ0v) is 18.4. The monoisotopic (exact) mass is 462 g/mol. The number of carbonyl (C=O) groups excluding carboxylic acids is 1. The normalized spacial score (nSPS) is 10.3. The van der Waals surface area contributed by atoms with Crippen LogP contribution in [0.1, 0.15) is 31.1 Å².